The molecule has 0 fully saturated rings. The minimum absolute atomic E-state index is 0.169. The normalized spacial score (nSPS) is 15.6. The molecule has 0 aliphatic carbocycles. The van der Waals surface area contributed by atoms with Crippen LogP contribution >= 0.6 is 31.7 Å². The first-order valence-electron chi connectivity index (χ1n) is 5.91. The lowest BCUT2D eigenvalue weighted by Crippen LogP contribution is -2.34. The number of rotatable bonds is 6. The maximum atomic E-state index is 2.53. The molecule has 0 aromatic carbocycles. The van der Waals surface area contributed by atoms with Gasteiger partial charge in [-0.25, -0.2) is 0 Å². The summed E-state index contributed by atoms with van der Waals surface area (Å²) in [5, 5.41) is 0. The Morgan fingerprint density at radius 1 is 0.750 bits per heavy atom. The van der Waals surface area contributed by atoms with Gasteiger partial charge in [-0.3, -0.25) is 0 Å². The average molecular weight is 298 g/mol. The highest BCUT2D eigenvalue weighted by Crippen LogP contribution is 2.79. The first-order valence-corrected chi connectivity index (χ1v) is 14.9. The summed E-state index contributed by atoms with van der Waals surface area (Å²) in [4.78, 5) is 0. The van der Waals surface area contributed by atoms with Crippen LogP contribution in [0.5, 0.6) is 0 Å². The molecule has 0 aromatic rings. The van der Waals surface area contributed by atoms with E-state index >= 15 is 0 Å². The molecule has 1 unspecified atom stereocenters. The van der Waals surface area contributed by atoms with Crippen LogP contribution in [0.3, 0.4) is 0 Å². The van der Waals surface area contributed by atoms with Crippen LogP contribution in [-0.4, -0.2) is 63.6 Å². The smallest absolute Gasteiger partial charge is 0.0351 e. The summed E-state index contributed by atoms with van der Waals surface area (Å²) in [5.74, 6) is 0. The molecule has 0 amide bonds. The van der Waals surface area contributed by atoms with Crippen molar-refractivity contribution in [1.82, 2.24) is 0 Å². The minimum atomic E-state index is 0.169. The van der Waals surface area contributed by atoms with Crippen molar-refractivity contribution in [2.24, 2.45) is 0 Å². The molecule has 0 radical (unpaired) electrons. The van der Waals surface area contributed by atoms with Crippen molar-refractivity contribution in [1.29, 1.82) is 0 Å². The fraction of sp³-hybridized carbons (Fsp3) is 1.00. The van der Waals surface area contributed by atoms with Gasteiger partial charge in [0.2, 0.25) is 0 Å². The summed E-state index contributed by atoms with van der Waals surface area (Å²) in [7, 11) is 0.707. The van der Waals surface area contributed by atoms with Crippen LogP contribution in [0, 0.1) is 0 Å². The van der Waals surface area contributed by atoms with Crippen LogP contribution < -0.4 is 0 Å². The molecule has 4 heteroatoms. The number of hydrogen-bond acceptors (Lipinski definition) is 0. The van der Waals surface area contributed by atoms with Gasteiger partial charge in [0, 0.05) is 4.64 Å². The van der Waals surface area contributed by atoms with Gasteiger partial charge in [0.15, 0.2) is 0 Å². The zero-order chi connectivity index (χ0) is 13.1. The quantitative estimate of drug-likeness (QED) is 0.577. The molecule has 0 aromatic heterocycles. The Labute approximate surface area is 109 Å². The van der Waals surface area contributed by atoms with Gasteiger partial charge < -0.3 is 0 Å². The predicted octanol–water partition coefficient (Wildman–Crippen LogP) is 5.38. The number of hydrogen-bond donors (Lipinski definition) is 0. The third kappa shape index (κ3) is 3.39. The van der Waals surface area contributed by atoms with Crippen molar-refractivity contribution in [2.45, 2.75) is 23.6 Å². The summed E-state index contributed by atoms with van der Waals surface area (Å²) in [5.41, 5.74) is 0.992. The van der Waals surface area contributed by atoms with E-state index in [9.17, 15) is 0 Å². The van der Waals surface area contributed by atoms with Gasteiger partial charge in [-0.05, 0) is 65.4 Å². The fourth-order valence-electron chi connectivity index (χ4n) is 3.08. The third-order valence-electron chi connectivity index (χ3n) is 3.43. The van der Waals surface area contributed by atoms with E-state index in [1.165, 1.54) is 6.42 Å². The summed E-state index contributed by atoms with van der Waals surface area (Å²) < 4.78 is 0.712. The lowest BCUT2D eigenvalue weighted by atomic mass is 10.4. The molecule has 98 valence electrons. The van der Waals surface area contributed by atoms with Gasteiger partial charge in [0.25, 0.3) is 0 Å². The Kier molecular flexibility index (Phi) is 8.13. The van der Waals surface area contributed by atoms with Crippen LogP contribution in [0.15, 0.2) is 0 Å². The lowest BCUT2D eigenvalue weighted by Gasteiger charge is -2.52. The van der Waals surface area contributed by atoms with E-state index < -0.39 is 0 Å². The van der Waals surface area contributed by atoms with Crippen LogP contribution in [0.2, 0.25) is 0 Å². The monoisotopic (exact) mass is 298 g/mol. The SMILES string of the molecule is CCC(P(C)C)C(P(C)C)(P(C)C)P(C)C. The van der Waals surface area contributed by atoms with Gasteiger partial charge in [-0.15, -0.1) is 7.92 Å². The second-order valence-electron chi connectivity index (χ2n) is 5.26. The van der Waals surface area contributed by atoms with Crippen LogP contribution in [0.1, 0.15) is 13.3 Å². The second kappa shape index (κ2) is 7.34. The van der Waals surface area contributed by atoms with E-state index in [1.807, 2.05) is 0 Å². The van der Waals surface area contributed by atoms with Gasteiger partial charge in [0.05, 0.1) is 0 Å². The Bertz CT molecular complexity index is 177. The van der Waals surface area contributed by atoms with E-state index in [0.29, 0.717) is 4.64 Å². The van der Waals surface area contributed by atoms with Crippen molar-refractivity contribution >= 4 is 31.7 Å². The standard InChI is InChI=1S/C12H30P4/c1-10-11(13(2)3)12(14(4)5,15(6)7)16(8)9/h11H,10H2,1-9H3. The highest BCUT2D eigenvalue weighted by molar-refractivity contribution is 7.93. The Morgan fingerprint density at radius 3 is 1.12 bits per heavy atom. The Hall–Kier alpha value is 1.72. The van der Waals surface area contributed by atoms with E-state index in [1.54, 1.807) is 0 Å². The van der Waals surface area contributed by atoms with Crippen LogP contribution in [0.25, 0.3) is 0 Å². The largest absolute Gasteiger partial charge is 0.108 e. The van der Waals surface area contributed by atoms with Gasteiger partial charge in [-0.1, -0.05) is 30.7 Å². The van der Waals surface area contributed by atoms with Crippen molar-refractivity contribution in [2.75, 3.05) is 53.3 Å². The highest BCUT2D eigenvalue weighted by atomic mass is 31.2. The fourth-order valence-corrected chi connectivity index (χ4v) is 20.6. The molecule has 1 atom stereocenters. The molecule has 16 heavy (non-hydrogen) atoms. The average Bonchev–Trinajstić information content (AvgIpc) is 2.10. The predicted molar refractivity (Wildman–Crippen MR) is 91.9 cm³/mol. The van der Waals surface area contributed by atoms with E-state index in [0.717, 1.165) is 5.66 Å². The summed E-state index contributed by atoms with van der Waals surface area (Å²) in [6, 6.07) is 0. The summed E-state index contributed by atoms with van der Waals surface area (Å²) in [6.07, 6.45) is 1.39. The maximum absolute atomic E-state index is 2.53. The maximum Gasteiger partial charge on any atom is 0.0351 e. The van der Waals surface area contributed by atoms with E-state index in [2.05, 4.69) is 60.2 Å². The zero-order valence-corrected chi connectivity index (χ0v) is 16.2. The highest BCUT2D eigenvalue weighted by Gasteiger charge is 2.46. The molecule has 0 N–H and O–H groups in total. The van der Waals surface area contributed by atoms with Crippen molar-refractivity contribution in [3.63, 3.8) is 0 Å². The van der Waals surface area contributed by atoms with E-state index in [-0.39, 0.29) is 31.7 Å². The lowest BCUT2D eigenvalue weighted by molar-refractivity contribution is 0.834. The summed E-state index contributed by atoms with van der Waals surface area (Å²) in [6.45, 7) is 22.6. The molecule has 0 aliphatic heterocycles. The molecule has 0 spiro atoms. The summed E-state index contributed by atoms with van der Waals surface area (Å²) >= 11 is 0. The second-order valence-corrected chi connectivity index (χ2v) is 16.3. The Balaban J connectivity index is 5.49. The van der Waals surface area contributed by atoms with E-state index in [4.69, 9.17) is 0 Å². The van der Waals surface area contributed by atoms with Gasteiger partial charge in [0.1, 0.15) is 0 Å². The Morgan fingerprint density at radius 2 is 1.06 bits per heavy atom. The van der Waals surface area contributed by atoms with Crippen molar-refractivity contribution in [3.8, 4) is 0 Å². The van der Waals surface area contributed by atoms with Crippen molar-refractivity contribution < 1.29 is 0 Å². The van der Waals surface area contributed by atoms with Gasteiger partial charge in [-0.2, -0.15) is 0 Å². The molecule has 0 rings (SSSR count). The first-order chi connectivity index (χ1) is 7.22. The third-order valence-corrected chi connectivity index (χ3v) is 18.1. The molecule has 0 aliphatic rings. The minimum Gasteiger partial charge on any atom is -0.108 e. The molecular formula is C12H30P4. The molecule has 0 saturated carbocycles. The molecule has 0 nitrogen and oxygen atoms in total. The first kappa shape index (κ1) is 17.7. The van der Waals surface area contributed by atoms with Crippen molar-refractivity contribution in [3.05, 3.63) is 0 Å². The molecule has 0 heterocycles. The topological polar surface area (TPSA) is 0 Å². The van der Waals surface area contributed by atoms with Crippen LogP contribution in [0.4, 0.5) is 0 Å². The molecular weight excluding hydrogens is 268 g/mol. The van der Waals surface area contributed by atoms with Crippen LogP contribution in [-0.2, 0) is 0 Å². The molecule has 0 bridgehead atoms. The zero-order valence-electron chi connectivity index (χ0n) is 12.6. The molecule has 0 saturated heterocycles. The van der Waals surface area contributed by atoms with Gasteiger partial charge >= 0.3 is 0 Å².